The van der Waals surface area contributed by atoms with Crippen molar-refractivity contribution in [3.8, 4) is 0 Å². The number of benzene rings is 5. The predicted octanol–water partition coefficient (Wildman–Crippen LogP) is 24.4. The highest BCUT2D eigenvalue weighted by atomic mass is 79.9. The summed E-state index contributed by atoms with van der Waals surface area (Å²) >= 11 is 11.7. The molecule has 12 heterocycles. The summed E-state index contributed by atoms with van der Waals surface area (Å²) in [5, 5.41) is 12.8. The molecule has 2 N–H and O–H groups in total. The zero-order valence-corrected chi connectivity index (χ0v) is 84.8. The number of alkyl halides is 2. The van der Waals surface area contributed by atoms with Gasteiger partial charge in [0.05, 0.1) is 137 Å². The van der Waals surface area contributed by atoms with E-state index >= 15 is 0 Å². The molecule has 13 aromatic rings. The fourth-order valence-electron chi connectivity index (χ4n) is 13.1. The molecular weight excluding hydrogens is 1820 g/mol. The van der Waals surface area contributed by atoms with Crippen molar-refractivity contribution >= 4 is 159 Å². The number of thiophene rings is 3. The zero-order chi connectivity index (χ0) is 91.6. The van der Waals surface area contributed by atoms with Gasteiger partial charge in [-0.1, -0.05) is 146 Å². The van der Waals surface area contributed by atoms with E-state index in [1.807, 2.05) is 134 Å². The molecule has 4 aliphatic heterocycles. The SMILES string of the molecule is C1CCOC1.CC(C)(C)[Si](C)(C)OCCBr.CC(C)(C)[Si](C)(C)OCCn1c(C=O)nc2ccccc21.CC(C)(C)[Si](C)(C)OCCn1cnc2ccccc21.CCCn1c(C(O)c2cc(C3OCCO3)sc2C)nc2ccccc21.Cc1sc(C2OCCO2)cc1Br.Cc1sc(C=O)cc1C1OCCn2c1nc1ccccc12.[2H]CF.c1ccc2[nH]cnc2c1. The quantitative estimate of drug-likeness (QED) is 0.0410. The molecule has 0 saturated carbocycles. The average Bonchev–Trinajstić information content (AvgIpc) is 1.62. The van der Waals surface area contributed by atoms with E-state index in [0.29, 0.717) is 62.9 Å². The van der Waals surface area contributed by atoms with Crippen LogP contribution in [-0.2, 0) is 67.9 Å². The first-order valence-corrected chi connectivity index (χ1v) is 55.8. The minimum Gasteiger partial charge on any atom is -0.416 e. The van der Waals surface area contributed by atoms with E-state index in [9.17, 15) is 19.1 Å². The van der Waals surface area contributed by atoms with E-state index in [2.05, 4.69) is 211 Å². The van der Waals surface area contributed by atoms with Gasteiger partial charge in [-0.25, -0.2) is 24.9 Å². The fourth-order valence-corrected chi connectivity index (χ4v) is 20.2. The molecule has 0 bridgehead atoms. The van der Waals surface area contributed by atoms with E-state index in [0.717, 1.165) is 166 Å². The van der Waals surface area contributed by atoms with Gasteiger partial charge < -0.3 is 70.1 Å². The van der Waals surface area contributed by atoms with Gasteiger partial charge in [0, 0.05) is 81.6 Å². The van der Waals surface area contributed by atoms with Gasteiger partial charge in [0.1, 0.15) is 23.9 Å². The van der Waals surface area contributed by atoms with Gasteiger partial charge >= 0.3 is 0 Å². The minimum atomic E-state index is -1.76. The number of fused-ring (bicyclic) bond motifs is 7. The second-order valence-electron chi connectivity index (χ2n) is 34.9. The molecule has 3 fully saturated rings. The predicted molar refractivity (Wildman–Crippen MR) is 522 cm³/mol. The van der Waals surface area contributed by atoms with Crippen molar-refractivity contribution < 1.29 is 62.2 Å². The summed E-state index contributed by atoms with van der Waals surface area (Å²) in [6, 6.07) is 46.1. The lowest BCUT2D eigenvalue weighted by molar-refractivity contribution is -0.0415. The molecule has 0 amide bonds. The second-order valence-corrected chi connectivity index (χ2v) is 54.9. The van der Waals surface area contributed by atoms with Crippen molar-refractivity contribution in [1.29, 1.82) is 0 Å². The molecule has 4 aliphatic rings. The van der Waals surface area contributed by atoms with Crippen LogP contribution in [0.3, 0.4) is 0 Å². The topological polar surface area (TPSA) is 237 Å². The van der Waals surface area contributed by atoms with Crippen LogP contribution in [0.15, 0.2) is 157 Å². The Bertz CT molecular complexity index is 5460. The molecule has 5 aromatic carbocycles. The van der Waals surface area contributed by atoms with Crippen molar-refractivity contribution in [3.63, 3.8) is 0 Å². The number of halogens is 3. The number of nitrogens with one attached hydrogen (secondary N) is 1. The first-order valence-electron chi connectivity index (χ1n) is 43.4. The lowest BCUT2D eigenvalue weighted by atomic mass is 10.1. The number of H-pyrrole nitrogens is 1. The Hall–Kier alpha value is -6.97. The van der Waals surface area contributed by atoms with E-state index in [1.54, 1.807) is 29.0 Å². The third kappa shape index (κ3) is 27.6. The summed E-state index contributed by atoms with van der Waals surface area (Å²) in [6.45, 7) is 52.8. The van der Waals surface area contributed by atoms with Crippen LogP contribution < -0.4 is 0 Å². The van der Waals surface area contributed by atoms with E-state index in [1.165, 1.54) is 34.6 Å². The third-order valence-corrected chi connectivity index (χ3v) is 41.3. The van der Waals surface area contributed by atoms with Crippen LogP contribution in [0.5, 0.6) is 0 Å². The minimum absolute atomic E-state index is 0.125. The molecule has 678 valence electrons. The maximum absolute atomic E-state index is 11.2. The van der Waals surface area contributed by atoms with Gasteiger partial charge in [-0.3, -0.25) is 14.0 Å². The highest BCUT2D eigenvalue weighted by Gasteiger charge is 2.40. The summed E-state index contributed by atoms with van der Waals surface area (Å²) in [5.74, 6) is 2.10. The Kier molecular flexibility index (Phi) is 38.1. The zero-order valence-electron chi connectivity index (χ0n) is 77.2. The van der Waals surface area contributed by atoms with Crippen LogP contribution in [0.25, 0.3) is 55.2 Å². The van der Waals surface area contributed by atoms with Crippen LogP contribution in [0, 0.1) is 20.8 Å². The maximum Gasteiger partial charge on any atom is 0.193 e. The van der Waals surface area contributed by atoms with Crippen LogP contribution in [0.1, 0.15) is 182 Å². The number of hydrogen-bond donors (Lipinski definition) is 2. The van der Waals surface area contributed by atoms with Gasteiger partial charge in [-0.15, -0.1) is 34.0 Å². The number of aldehydes is 2. The van der Waals surface area contributed by atoms with Crippen LogP contribution in [-0.4, -0.2) is 169 Å². The molecular formula is C94H129Br2FN10O12S3Si3. The standard InChI is InChI=1S/C19H22N2O3S.C16H14N2O2S.C16H24N2O2Si.C15H24N2OSi.C8H9BrO2S.C8H19BrOSi.C7H6N2.C4H8O.CH3F/c1-3-8-21-15-7-5-4-6-14(15)20-18(21)17(22)13-11-16(25-12(13)2)19-23-9-10-24-19;1-10-12(8-11(9-19)21-10)15-16-17-13-4-2-3-5-14(13)18(16)6-7-20-15;1-16(2,3)21(4,5)20-11-10-18-14-9-7-6-8-13(14)17-15(18)12-19;1-15(2,3)19(4,5)18-11-10-17-12-16-13-8-6-7-9-14(13)17;1-5-6(9)4-7(12-5)8-10-2-3-11-8;1-8(2,3)11(4,5)10-7-6-9;1-2-4-7-6(3-1)8-5-9-7;1-2-4-5-3-1;1-2/h4-7,11,17,19,22H,3,8-10H2,1-2H3;2-5,8-9,15H,6-7H2,1H3;6-9,12H,10-11H2,1-5H3;6-9,12H,10-11H2,1-5H3;4,8H,2-3H2,1H3;6-7H2,1-5H3;1-5H,(H,8,9);1-4H2;1H3/i;;;;;;;;1D. The number of carbonyl (C=O) groups is 2. The van der Waals surface area contributed by atoms with Crippen LogP contribution in [0.2, 0.25) is 54.4 Å². The van der Waals surface area contributed by atoms with E-state index < -0.39 is 38.2 Å². The van der Waals surface area contributed by atoms with Crippen molar-refractivity contribution in [2.45, 2.75) is 215 Å². The Labute approximate surface area is 770 Å². The number of carbonyl (C=O) groups excluding carboxylic acids is 2. The smallest absolute Gasteiger partial charge is 0.193 e. The van der Waals surface area contributed by atoms with Gasteiger partial charge in [0.2, 0.25) is 0 Å². The molecule has 17 rings (SSSR count). The van der Waals surface area contributed by atoms with E-state index in [4.69, 9.17) is 53.0 Å². The number of nitrogens with zero attached hydrogens (tertiary/aromatic N) is 9. The average molecular weight is 1950 g/mol. The molecule has 2 atom stereocenters. The number of ether oxygens (including phenoxy) is 6. The summed E-state index contributed by atoms with van der Waals surface area (Å²) in [5.41, 5.74) is 12.2. The Balaban J connectivity index is 0.000000167. The number of aliphatic hydroxyl groups is 1. The second kappa shape index (κ2) is 47.6. The largest absolute Gasteiger partial charge is 0.416 e. The number of rotatable bonds is 20. The first kappa shape index (κ1) is 100. The first-order chi connectivity index (χ1) is 60.0. The molecule has 0 aliphatic carbocycles. The fraction of sp³-hybridized carbons (Fsp3) is 0.479. The maximum atomic E-state index is 11.2. The molecule has 22 nitrogen and oxygen atoms in total. The van der Waals surface area contributed by atoms with Crippen LogP contribution in [0.4, 0.5) is 4.39 Å². The lowest BCUT2D eigenvalue weighted by Gasteiger charge is -2.36. The van der Waals surface area contributed by atoms with Gasteiger partial charge in [-0.2, -0.15) is 0 Å². The van der Waals surface area contributed by atoms with Crippen molar-refractivity contribution in [2.24, 2.45) is 0 Å². The number of aromatic nitrogens is 10. The van der Waals surface area contributed by atoms with Crippen molar-refractivity contribution in [1.82, 2.24) is 48.2 Å². The van der Waals surface area contributed by atoms with Crippen molar-refractivity contribution in [3.05, 3.63) is 215 Å². The summed E-state index contributed by atoms with van der Waals surface area (Å²) < 4.78 is 76.2. The van der Waals surface area contributed by atoms with Gasteiger partial charge in [0.15, 0.2) is 55.9 Å². The summed E-state index contributed by atoms with van der Waals surface area (Å²) in [7, 11) is -5.85. The number of para-hydroxylation sites is 10. The number of aliphatic hydroxyl groups excluding tert-OH is 1. The third-order valence-electron chi connectivity index (χ3n) is 23.1. The summed E-state index contributed by atoms with van der Waals surface area (Å²) in [4.78, 5) is 53.8. The molecule has 0 radical (unpaired) electrons. The highest BCUT2D eigenvalue weighted by Crippen LogP contribution is 2.42. The molecule has 0 spiro atoms. The molecule has 2 unspecified atom stereocenters. The van der Waals surface area contributed by atoms with Crippen LogP contribution >= 0.6 is 65.9 Å². The lowest BCUT2D eigenvalue weighted by Crippen LogP contribution is -2.41. The van der Waals surface area contributed by atoms with E-state index in [-0.39, 0.29) is 28.8 Å². The summed E-state index contributed by atoms with van der Waals surface area (Å²) in [6.07, 6.45) is 7.47. The van der Waals surface area contributed by atoms with Gasteiger partial charge in [-0.05, 0) is 189 Å². The normalized spacial score (nSPS) is 15.4. The molecule has 3 saturated heterocycles. The van der Waals surface area contributed by atoms with Crippen molar-refractivity contribution in [2.75, 3.05) is 78.6 Å². The number of aryl methyl sites for hydroxylation is 4. The molecule has 31 heteroatoms. The highest BCUT2D eigenvalue weighted by molar-refractivity contribution is 9.10. The molecule has 8 aromatic heterocycles. The number of imidazole rings is 5. The number of hydrogen-bond acceptors (Lipinski definition) is 20. The molecule has 125 heavy (non-hydrogen) atoms. The Morgan fingerprint density at radius 1 is 0.576 bits per heavy atom. The Morgan fingerprint density at radius 3 is 1.58 bits per heavy atom. The Morgan fingerprint density at radius 2 is 1.07 bits per heavy atom. The number of aromatic amines is 1. The van der Waals surface area contributed by atoms with Gasteiger partial charge in [0.25, 0.3) is 0 Å². The monoisotopic (exact) mass is 1950 g/mol.